The van der Waals surface area contributed by atoms with Crippen molar-refractivity contribution in [2.24, 2.45) is 11.8 Å². The Bertz CT molecular complexity index is 1300. The zero-order valence-electron chi connectivity index (χ0n) is 23.1. The van der Waals surface area contributed by atoms with Crippen LogP contribution in [0.1, 0.15) is 90.8 Å². The van der Waals surface area contributed by atoms with Gasteiger partial charge < -0.3 is 9.73 Å². The predicted molar refractivity (Wildman–Crippen MR) is 153 cm³/mol. The second kappa shape index (κ2) is 9.72. The fraction of sp³-hybridized carbons (Fsp3) is 0.455. The molecule has 0 radical (unpaired) electrons. The number of anilines is 1. The number of furan rings is 1. The molecule has 0 amide bonds. The van der Waals surface area contributed by atoms with Crippen LogP contribution in [-0.4, -0.2) is 6.04 Å². The molecule has 1 aliphatic heterocycles. The van der Waals surface area contributed by atoms with Gasteiger partial charge in [0.15, 0.2) is 0 Å². The Hall–Kier alpha value is -2.74. The number of hydrogen-bond donors (Lipinski definition) is 1. The molecule has 2 heteroatoms. The zero-order chi connectivity index (χ0) is 25.5. The highest BCUT2D eigenvalue weighted by Crippen LogP contribution is 2.42. The van der Waals surface area contributed by atoms with Crippen molar-refractivity contribution in [1.82, 2.24) is 0 Å². The molecule has 0 bridgehead atoms. The summed E-state index contributed by atoms with van der Waals surface area (Å²) >= 11 is 0. The summed E-state index contributed by atoms with van der Waals surface area (Å²) in [6.45, 7) is 20.4. The fourth-order valence-corrected chi connectivity index (χ4v) is 5.36. The number of nitrogens with one attached hydrogen (secondary N) is 1. The molecule has 1 aliphatic rings. The van der Waals surface area contributed by atoms with Crippen molar-refractivity contribution in [3.63, 3.8) is 0 Å². The molecule has 4 aromatic rings. The Morgan fingerprint density at radius 3 is 1.97 bits per heavy atom. The normalized spacial score (nSPS) is 17.7. The van der Waals surface area contributed by atoms with E-state index in [1.54, 1.807) is 0 Å². The minimum atomic E-state index is 0.149. The molecule has 2 atom stereocenters. The van der Waals surface area contributed by atoms with Crippen LogP contribution in [0.2, 0.25) is 0 Å². The molecular formula is C33H43NO. The second-order valence-electron chi connectivity index (χ2n) is 12.2. The highest BCUT2D eigenvalue weighted by atomic mass is 16.3. The van der Waals surface area contributed by atoms with E-state index >= 15 is 0 Å². The summed E-state index contributed by atoms with van der Waals surface area (Å²) in [5, 5.41) is 6.09. The zero-order valence-corrected chi connectivity index (χ0v) is 23.1. The van der Waals surface area contributed by atoms with Crippen molar-refractivity contribution in [1.29, 1.82) is 0 Å². The van der Waals surface area contributed by atoms with Gasteiger partial charge in [-0.05, 0) is 58.1 Å². The number of benzene rings is 3. The van der Waals surface area contributed by atoms with Gasteiger partial charge in [0.2, 0.25) is 0 Å². The van der Waals surface area contributed by atoms with Crippen LogP contribution >= 0.6 is 0 Å². The highest BCUT2D eigenvalue weighted by molar-refractivity contribution is 6.05. The standard InChI is InChI=1S/C19H22O.C14H21N/c1-12(2)13-6-8-15-16-9-7-14(19(3,4)5)11-18(16)20-17(15)10-13;1-9(2)13-11-7-5-6-8-12(11)15-14(13)10(3)4/h6-12H,1-5H3;5-10,13-15H,1-4H3. The van der Waals surface area contributed by atoms with Gasteiger partial charge in [-0.1, -0.05) is 105 Å². The summed E-state index contributed by atoms with van der Waals surface area (Å²) < 4.78 is 6.08. The van der Waals surface area contributed by atoms with Gasteiger partial charge in [-0.25, -0.2) is 0 Å². The third-order valence-electron chi connectivity index (χ3n) is 7.50. The molecule has 2 unspecified atom stereocenters. The summed E-state index contributed by atoms with van der Waals surface area (Å²) in [4.78, 5) is 0. The van der Waals surface area contributed by atoms with Gasteiger partial charge >= 0.3 is 0 Å². The maximum absolute atomic E-state index is 6.08. The van der Waals surface area contributed by atoms with Gasteiger partial charge in [-0.15, -0.1) is 0 Å². The molecule has 0 aliphatic carbocycles. The van der Waals surface area contributed by atoms with Crippen molar-refractivity contribution in [3.05, 3.63) is 77.4 Å². The first kappa shape index (κ1) is 25.4. The van der Waals surface area contributed by atoms with Crippen LogP contribution in [0.5, 0.6) is 0 Å². The Kier molecular flexibility index (Phi) is 7.04. The first-order valence-electron chi connectivity index (χ1n) is 13.3. The van der Waals surface area contributed by atoms with Gasteiger partial charge in [0.25, 0.3) is 0 Å². The molecule has 1 N–H and O–H groups in total. The minimum Gasteiger partial charge on any atom is -0.456 e. The van der Waals surface area contributed by atoms with Crippen molar-refractivity contribution < 1.29 is 4.42 Å². The lowest BCUT2D eigenvalue weighted by Gasteiger charge is -2.26. The van der Waals surface area contributed by atoms with E-state index in [2.05, 4.69) is 128 Å². The summed E-state index contributed by atoms with van der Waals surface area (Å²) in [6, 6.07) is 22.5. The largest absolute Gasteiger partial charge is 0.456 e. The Balaban J connectivity index is 0.000000172. The van der Waals surface area contributed by atoms with E-state index in [4.69, 9.17) is 4.42 Å². The van der Waals surface area contributed by atoms with E-state index in [1.807, 2.05) is 0 Å². The quantitative estimate of drug-likeness (QED) is 0.323. The monoisotopic (exact) mass is 469 g/mol. The average molecular weight is 470 g/mol. The summed E-state index contributed by atoms with van der Waals surface area (Å²) in [5.74, 6) is 2.58. The molecule has 2 heterocycles. The van der Waals surface area contributed by atoms with Crippen LogP contribution in [-0.2, 0) is 5.41 Å². The number of hydrogen-bond acceptors (Lipinski definition) is 2. The van der Waals surface area contributed by atoms with Crippen LogP contribution in [0.25, 0.3) is 21.9 Å². The van der Waals surface area contributed by atoms with E-state index in [1.165, 1.54) is 33.2 Å². The first-order chi connectivity index (χ1) is 16.5. The molecule has 186 valence electrons. The highest BCUT2D eigenvalue weighted by Gasteiger charge is 2.35. The van der Waals surface area contributed by atoms with E-state index in [0.717, 1.165) is 11.2 Å². The number of rotatable bonds is 3. The Morgan fingerprint density at radius 2 is 1.37 bits per heavy atom. The molecule has 0 fully saturated rings. The minimum absolute atomic E-state index is 0.149. The maximum atomic E-state index is 6.08. The molecule has 0 spiro atoms. The molecule has 35 heavy (non-hydrogen) atoms. The summed E-state index contributed by atoms with van der Waals surface area (Å²) in [7, 11) is 0. The summed E-state index contributed by atoms with van der Waals surface area (Å²) in [6.07, 6.45) is 0. The van der Waals surface area contributed by atoms with Crippen molar-refractivity contribution in [2.75, 3.05) is 5.32 Å². The van der Waals surface area contributed by atoms with Crippen LogP contribution in [0.4, 0.5) is 5.69 Å². The topological polar surface area (TPSA) is 25.2 Å². The molecular weight excluding hydrogens is 426 g/mol. The molecule has 3 aromatic carbocycles. The van der Waals surface area contributed by atoms with E-state index in [-0.39, 0.29) is 5.41 Å². The number of para-hydroxylation sites is 1. The van der Waals surface area contributed by atoms with Gasteiger partial charge in [0.05, 0.1) is 0 Å². The van der Waals surface area contributed by atoms with Crippen molar-refractivity contribution in [3.8, 4) is 0 Å². The first-order valence-corrected chi connectivity index (χ1v) is 13.3. The van der Waals surface area contributed by atoms with Gasteiger partial charge in [-0.3, -0.25) is 0 Å². The Morgan fingerprint density at radius 1 is 0.743 bits per heavy atom. The lowest BCUT2D eigenvalue weighted by molar-refractivity contribution is 0.385. The SMILES string of the molecule is CC(C)C1Nc2ccccc2C1C(C)C.CC(C)c1ccc2c(c1)oc1cc(C(C)(C)C)ccc12. The second-order valence-corrected chi connectivity index (χ2v) is 12.2. The van der Waals surface area contributed by atoms with Crippen molar-refractivity contribution in [2.45, 2.75) is 85.6 Å². The van der Waals surface area contributed by atoms with E-state index in [9.17, 15) is 0 Å². The molecule has 0 saturated carbocycles. The lowest BCUT2D eigenvalue weighted by atomic mass is 9.81. The van der Waals surface area contributed by atoms with Crippen LogP contribution < -0.4 is 5.32 Å². The van der Waals surface area contributed by atoms with Gasteiger partial charge in [0, 0.05) is 28.4 Å². The Labute approximate surface area is 212 Å². The third kappa shape index (κ3) is 5.13. The van der Waals surface area contributed by atoms with Crippen molar-refractivity contribution >= 4 is 27.6 Å². The predicted octanol–water partition coefficient (Wildman–Crippen LogP) is 9.88. The van der Waals surface area contributed by atoms with Gasteiger partial charge in [0.1, 0.15) is 11.2 Å². The fourth-order valence-electron chi connectivity index (χ4n) is 5.36. The summed E-state index contributed by atoms with van der Waals surface area (Å²) in [5.41, 5.74) is 7.63. The van der Waals surface area contributed by atoms with Gasteiger partial charge in [-0.2, -0.15) is 0 Å². The lowest BCUT2D eigenvalue weighted by Crippen LogP contribution is -2.29. The maximum Gasteiger partial charge on any atom is 0.135 e. The van der Waals surface area contributed by atoms with Crippen LogP contribution in [0.15, 0.2) is 65.1 Å². The smallest absolute Gasteiger partial charge is 0.135 e. The molecule has 0 saturated heterocycles. The van der Waals surface area contributed by atoms with Crippen LogP contribution in [0, 0.1) is 11.8 Å². The molecule has 2 nitrogen and oxygen atoms in total. The molecule has 1 aromatic heterocycles. The molecule has 5 rings (SSSR count). The van der Waals surface area contributed by atoms with E-state index in [0.29, 0.717) is 29.7 Å². The number of fused-ring (bicyclic) bond motifs is 4. The average Bonchev–Trinajstić information content (AvgIpc) is 3.36. The third-order valence-corrected chi connectivity index (χ3v) is 7.50. The van der Waals surface area contributed by atoms with Crippen LogP contribution in [0.3, 0.4) is 0 Å². The van der Waals surface area contributed by atoms with E-state index < -0.39 is 0 Å².